The molecule has 0 spiro atoms. The van der Waals surface area contributed by atoms with E-state index < -0.39 is 5.97 Å². The molecule has 5 nitrogen and oxygen atoms in total. The van der Waals surface area contributed by atoms with Gasteiger partial charge in [0.15, 0.2) is 0 Å². The van der Waals surface area contributed by atoms with Crippen LogP contribution in [0.3, 0.4) is 0 Å². The summed E-state index contributed by atoms with van der Waals surface area (Å²) in [5.74, 6) is -0.963. The molecule has 1 amide bonds. The van der Waals surface area contributed by atoms with Crippen molar-refractivity contribution in [3.05, 3.63) is 34.3 Å². The molecule has 1 aromatic carbocycles. The molecule has 0 bridgehead atoms. The number of benzene rings is 1. The summed E-state index contributed by atoms with van der Waals surface area (Å²) >= 11 is 3.43. The first-order valence-corrected chi connectivity index (χ1v) is 8.20. The number of hydrogen-bond donors (Lipinski definition) is 1. The van der Waals surface area contributed by atoms with E-state index in [9.17, 15) is 9.59 Å². The fourth-order valence-corrected chi connectivity index (χ4v) is 2.92. The second-order valence-electron chi connectivity index (χ2n) is 5.39. The number of carbonyl (C=O) groups is 2. The summed E-state index contributed by atoms with van der Waals surface area (Å²) in [5, 5.41) is 8.86. The minimum Gasteiger partial charge on any atom is -0.481 e. The fourth-order valence-electron chi connectivity index (χ4n) is 2.50. The normalized spacial score (nSPS) is 17.4. The average Bonchev–Trinajstić information content (AvgIpc) is 2.98. The number of aliphatic carboxylic acids is 1. The number of nitrogens with zero attached hydrogens (tertiary/aromatic N) is 1. The van der Waals surface area contributed by atoms with E-state index in [-0.39, 0.29) is 31.4 Å². The molecule has 0 aromatic heterocycles. The van der Waals surface area contributed by atoms with Crippen LogP contribution < -0.4 is 0 Å². The van der Waals surface area contributed by atoms with E-state index in [0.29, 0.717) is 6.54 Å². The lowest BCUT2D eigenvalue weighted by Gasteiger charge is -2.25. The molecule has 1 N–H and O–H groups in total. The zero-order chi connectivity index (χ0) is 15.9. The molecule has 0 aliphatic carbocycles. The first-order chi connectivity index (χ1) is 10.6. The van der Waals surface area contributed by atoms with Crippen LogP contribution >= 0.6 is 15.9 Å². The van der Waals surface area contributed by atoms with Crippen LogP contribution in [0.1, 0.15) is 24.8 Å². The van der Waals surface area contributed by atoms with Crippen molar-refractivity contribution >= 4 is 27.8 Å². The van der Waals surface area contributed by atoms with Gasteiger partial charge in [0.25, 0.3) is 0 Å². The van der Waals surface area contributed by atoms with Gasteiger partial charge in [0.05, 0.1) is 18.9 Å². The van der Waals surface area contributed by atoms with Crippen molar-refractivity contribution in [3.8, 4) is 0 Å². The Morgan fingerprint density at radius 3 is 2.77 bits per heavy atom. The highest BCUT2D eigenvalue weighted by molar-refractivity contribution is 9.10. The van der Waals surface area contributed by atoms with E-state index in [1.54, 1.807) is 4.90 Å². The van der Waals surface area contributed by atoms with Crippen molar-refractivity contribution in [2.24, 2.45) is 0 Å². The van der Waals surface area contributed by atoms with Gasteiger partial charge < -0.3 is 14.7 Å². The minimum atomic E-state index is -0.897. The van der Waals surface area contributed by atoms with Crippen molar-refractivity contribution in [2.75, 3.05) is 19.7 Å². The number of ether oxygens (including phenoxy) is 1. The van der Waals surface area contributed by atoms with Gasteiger partial charge in [-0.3, -0.25) is 9.59 Å². The Morgan fingerprint density at radius 1 is 1.36 bits per heavy atom. The van der Waals surface area contributed by atoms with Crippen molar-refractivity contribution in [1.29, 1.82) is 0 Å². The summed E-state index contributed by atoms with van der Waals surface area (Å²) in [6.07, 6.45) is 2.15. The Labute approximate surface area is 138 Å². The first kappa shape index (κ1) is 17.0. The third-order valence-corrected chi connectivity index (χ3v) is 4.47. The van der Waals surface area contributed by atoms with Gasteiger partial charge in [0.1, 0.15) is 0 Å². The predicted octanol–water partition coefficient (Wildman–Crippen LogP) is 2.47. The number of carbonyl (C=O) groups excluding carboxylic acids is 1. The monoisotopic (exact) mass is 369 g/mol. The van der Waals surface area contributed by atoms with Crippen LogP contribution in [0.5, 0.6) is 0 Å². The summed E-state index contributed by atoms with van der Waals surface area (Å²) < 4.78 is 6.45. The molecule has 6 heteroatoms. The second-order valence-corrected chi connectivity index (χ2v) is 6.24. The van der Waals surface area contributed by atoms with E-state index >= 15 is 0 Å². The van der Waals surface area contributed by atoms with Gasteiger partial charge in [-0.25, -0.2) is 0 Å². The number of carboxylic acid groups (broad SMARTS) is 1. The SMILES string of the molecule is O=C(O)CCN(C[C@H]1CCCO1)C(=O)Cc1ccccc1Br. The lowest BCUT2D eigenvalue weighted by Crippen LogP contribution is -2.39. The minimum absolute atomic E-state index is 0.0250. The van der Waals surface area contributed by atoms with Crippen LogP contribution in [-0.4, -0.2) is 47.7 Å². The lowest BCUT2D eigenvalue weighted by molar-refractivity contribution is -0.139. The Balaban J connectivity index is 2.00. The van der Waals surface area contributed by atoms with Crippen LogP contribution in [0.25, 0.3) is 0 Å². The zero-order valence-corrected chi connectivity index (χ0v) is 13.9. The summed E-state index contributed by atoms with van der Waals surface area (Å²) in [5.41, 5.74) is 0.903. The maximum Gasteiger partial charge on any atom is 0.305 e. The molecule has 1 saturated heterocycles. The molecule has 1 aromatic rings. The van der Waals surface area contributed by atoms with Gasteiger partial charge in [-0.2, -0.15) is 0 Å². The van der Waals surface area contributed by atoms with Gasteiger partial charge in [0, 0.05) is 24.2 Å². The van der Waals surface area contributed by atoms with Crippen molar-refractivity contribution in [3.63, 3.8) is 0 Å². The van der Waals surface area contributed by atoms with Crippen molar-refractivity contribution in [2.45, 2.75) is 31.8 Å². The third-order valence-electron chi connectivity index (χ3n) is 3.70. The molecule has 1 heterocycles. The highest BCUT2D eigenvalue weighted by Gasteiger charge is 2.23. The fraction of sp³-hybridized carbons (Fsp3) is 0.500. The van der Waals surface area contributed by atoms with Crippen LogP contribution in [0.2, 0.25) is 0 Å². The number of rotatable bonds is 7. The Hall–Kier alpha value is -1.40. The Bertz CT molecular complexity index is 529. The molecule has 120 valence electrons. The van der Waals surface area contributed by atoms with E-state index in [0.717, 1.165) is 29.5 Å². The number of amides is 1. The Morgan fingerprint density at radius 2 is 2.14 bits per heavy atom. The van der Waals surface area contributed by atoms with Crippen LogP contribution in [-0.2, 0) is 20.7 Å². The molecule has 2 rings (SSSR count). The molecule has 1 aliphatic heterocycles. The summed E-state index contributed by atoms with van der Waals surface area (Å²) in [4.78, 5) is 24.9. The lowest BCUT2D eigenvalue weighted by atomic mass is 10.1. The highest BCUT2D eigenvalue weighted by Crippen LogP contribution is 2.18. The maximum atomic E-state index is 12.5. The Kier molecular flexibility index (Phi) is 6.39. The average molecular weight is 370 g/mol. The van der Waals surface area contributed by atoms with Gasteiger partial charge >= 0.3 is 5.97 Å². The van der Waals surface area contributed by atoms with Crippen LogP contribution in [0.15, 0.2) is 28.7 Å². The smallest absolute Gasteiger partial charge is 0.305 e. The number of halogens is 1. The maximum absolute atomic E-state index is 12.5. The van der Waals surface area contributed by atoms with Gasteiger partial charge in [-0.1, -0.05) is 34.1 Å². The molecular weight excluding hydrogens is 350 g/mol. The molecule has 1 atom stereocenters. The summed E-state index contributed by atoms with van der Waals surface area (Å²) in [6.45, 7) is 1.41. The first-order valence-electron chi connectivity index (χ1n) is 7.41. The summed E-state index contributed by atoms with van der Waals surface area (Å²) in [7, 11) is 0. The molecular formula is C16H20BrNO4. The predicted molar refractivity (Wildman–Crippen MR) is 85.7 cm³/mol. The molecule has 1 aliphatic rings. The number of carboxylic acids is 1. The van der Waals surface area contributed by atoms with E-state index in [2.05, 4.69) is 15.9 Å². The van der Waals surface area contributed by atoms with Gasteiger partial charge in [-0.15, -0.1) is 0 Å². The molecule has 0 radical (unpaired) electrons. The second kappa shape index (κ2) is 8.29. The standard InChI is InChI=1S/C16H20BrNO4/c17-14-6-2-1-4-12(14)10-15(19)18(8-7-16(20)21)11-13-5-3-9-22-13/h1-2,4,6,13H,3,5,7-11H2,(H,20,21)/t13-/m1/s1. The molecule has 0 unspecified atom stereocenters. The number of hydrogen-bond acceptors (Lipinski definition) is 3. The van der Waals surface area contributed by atoms with Gasteiger partial charge in [-0.05, 0) is 24.5 Å². The summed E-state index contributed by atoms with van der Waals surface area (Å²) in [6, 6.07) is 7.56. The van der Waals surface area contributed by atoms with Crippen molar-refractivity contribution in [1.82, 2.24) is 4.90 Å². The largest absolute Gasteiger partial charge is 0.481 e. The highest BCUT2D eigenvalue weighted by atomic mass is 79.9. The van der Waals surface area contributed by atoms with Crippen LogP contribution in [0, 0.1) is 0 Å². The topological polar surface area (TPSA) is 66.8 Å². The van der Waals surface area contributed by atoms with E-state index in [1.165, 1.54) is 0 Å². The van der Waals surface area contributed by atoms with Crippen molar-refractivity contribution < 1.29 is 19.4 Å². The molecule has 0 saturated carbocycles. The third kappa shape index (κ3) is 5.10. The zero-order valence-electron chi connectivity index (χ0n) is 12.3. The van der Waals surface area contributed by atoms with E-state index in [4.69, 9.17) is 9.84 Å². The van der Waals surface area contributed by atoms with Gasteiger partial charge in [0.2, 0.25) is 5.91 Å². The molecule has 22 heavy (non-hydrogen) atoms. The molecule has 1 fully saturated rings. The van der Waals surface area contributed by atoms with E-state index in [1.807, 2.05) is 24.3 Å². The van der Waals surface area contributed by atoms with Crippen LogP contribution in [0.4, 0.5) is 0 Å². The quantitative estimate of drug-likeness (QED) is 0.801.